The normalized spacial score (nSPS) is 11.8. The van der Waals surface area contributed by atoms with Crippen LogP contribution in [0.15, 0.2) is 39.9 Å². The average Bonchev–Trinajstić information content (AvgIpc) is 3.18. The Hall–Kier alpha value is -2.43. The Kier molecular flexibility index (Phi) is 11.8. The SMILES string of the molecule is CCNC(=NCCCNC(=O)c1occc1C)NC(C)c1cc(OC)ccc1OC.I. The maximum absolute atomic E-state index is 12.1. The molecule has 0 fully saturated rings. The zero-order valence-electron chi connectivity index (χ0n) is 18.8. The van der Waals surface area contributed by atoms with E-state index >= 15 is 0 Å². The van der Waals surface area contributed by atoms with Gasteiger partial charge in [0, 0.05) is 30.8 Å². The third-order valence-electron chi connectivity index (χ3n) is 4.56. The number of guanidine groups is 1. The molecule has 1 aromatic heterocycles. The van der Waals surface area contributed by atoms with Gasteiger partial charge in [-0.3, -0.25) is 9.79 Å². The van der Waals surface area contributed by atoms with E-state index in [0.717, 1.165) is 29.2 Å². The minimum atomic E-state index is -0.203. The smallest absolute Gasteiger partial charge is 0.287 e. The zero-order valence-corrected chi connectivity index (χ0v) is 21.1. The first-order valence-corrected chi connectivity index (χ1v) is 10.1. The van der Waals surface area contributed by atoms with Gasteiger partial charge in [-0.05, 0) is 51.5 Å². The molecular formula is C22H33IN4O4. The standard InChI is InChI=1S/C22H32N4O4.HI/c1-6-23-22(25-12-7-11-24-21(27)20-15(2)10-13-30-20)26-16(3)18-14-17(28-4)8-9-19(18)29-5;/h8-10,13-14,16H,6-7,11-12H2,1-5H3,(H,24,27)(H2,23,25,26);1H. The molecule has 31 heavy (non-hydrogen) atoms. The number of amides is 1. The molecule has 0 aliphatic rings. The van der Waals surface area contributed by atoms with E-state index in [1.165, 1.54) is 6.26 Å². The molecule has 0 spiro atoms. The third kappa shape index (κ3) is 7.97. The van der Waals surface area contributed by atoms with E-state index in [0.29, 0.717) is 31.2 Å². The molecule has 8 nitrogen and oxygen atoms in total. The lowest BCUT2D eigenvalue weighted by Crippen LogP contribution is -2.39. The maximum atomic E-state index is 12.1. The van der Waals surface area contributed by atoms with E-state index in [1.54, 1.807) is 20.3 Å². The number of nitrogens with zero attached hydrogens (tertiary/aromatic N) is 1. The number of benzene rings is 1. The molecule has 1 unspecified atom stereocenters. The highest BCUT2D eigenvalue weighted by Crippen LogP contribution is 2.29. The molecule has 0 radical (unpaired) electrons. The maximum Gasteiger partial charge on any atom is 0.287 e. The van der Waals surface area contributed by atoms with Crippen LogP contribution in [0, 0.1) is 6.92 Å². The molecule has 1 amide bonds. The molecule has 2 rings (SSSR count). The summed E-state index contributed by atoms with van der Waals surface area (Å²) in [5, 5.41) is 9.49. The Labute approximate surface area is 201 Å². The Morgan fingerprint density at radius 2 is 1.97 bits per heavy atom. The van der Waals surface area contributed by atoms with Crippen LogP contribution < -0.4 is 25.4 Å². The lowest BCUT2D eigenvalue weighted by Gasteiger charge is -2.20. The summed E-state index contributed by atoms with van der Waals surface area (Å²) in [6.07, 6.45) is 2.22. The van der Waals surface area contributed by atoms with Gasteiger partial charge in [-0.15, -0.1) is 24.0 Å². The number of aliphatic imine (C=N–C) groups is 1. The van der Waals surface area contributed by atoms with Gasteiger partial charge in [-0.1, -0.05) is 0 Å². The van der Waals surface area contributed by atoms with Crippen molar-refractivity contribution in [2.45, 2.75) is 33.2 Å². The highest BCUT2D eigenvalue weighted by Gasteiger charge is 2.14. The molecule has 1 heterocycles. The van der Waals surface area contributed by atoms with Crippen molar-refractivity contribution in [3.63, 3.8) is 0 Å². The van der Waals surface area contributed by atoms with Crippen molar-refractivity contribution in [1.82, 2.24) is 16.0 Å². The zero-order chi connectivity index (χ0) is 21.9. The lowest BCUT2D eigenvalue weighted by atomic mass is 10.1. The summed E-state index contributed by atoms with van der Waals surface area (Å²) in [5.74, 6) is 2.40. The fraction of sp³-hybridized carbons (Fsp3) is 0.455. The van der Waals surface area contributed by atoms with E-state index in [2.05, 4.69) is 20.9 Å². The van der Waals surface area contributed by atoms with Crippen molar-refractivity contribution < 1.29 is 18.7 Å². The van der Waals surface area contributed by atoms with E-state index in [4.69, 9.17) is 13.9 Å². The molecule has 0 aliphatic heterocycles. The number of hydrogen-bond donors (Lipinski definition) is 3. The monoisotopic (exact) mass is 544 g/mol. The second-order valence-corrected chi connectivity index (χ2v) is 6.78. The van der Waals surface area contributed by atoms with Gasteiger partial charge in [0.1, 0.15) is 11.5 Å². The van der Waals surface area contributed by atoms with Crippen molar-refractivity contribution in [3.8, 4) is 11.5 Å². The van der Waals surface area contributed by atoms with Gasteiger partial charge in [0.2, 0.25) is 0 Å². The molecule has 3 N–H and O–H groups in total. The van der Waals surface area contributed by atoms with Crippen molar-refractivity contribution in [3.05, 3.63) is 47.4 Å². The largest absolute Gasteiger partial charge is 0.497 e. The van der Waals surface area contributed by atoms with E-state index in [-0.39, 0.29) is 35.9 Å². The summed E-state index contributed by atoms with van der Waals surface area (Å²) in [5.41, 5.74) is 1.80. The summed E-state index contributed by atoms with van der Waals surface area (Å²) in [6.45, 7) is 7.71. The van der Waals surface area contributed by atoms with E-state index in [1.807, 2.05) is 39.0 Å². The van der Waals surface area contributed by atoms with Gasteiger partial charge in [0.25, 0.3) is 5.91 Å². The van der Waals surface area contributed by atoms with Crippen LogP contribution in [0.4, 0.5) is 0 Å². The summed E-state index contributed by atoms with van der Waals surface area (Å²) in [6, 6.07) is 7.43. The van der Waals surface area contributed by atoms with Crippen molar-refractivity contribution in [2.75, 3.05) is 33.9 Å². The summed E-state index contributed by atoms with van der Waals surface area (Å²) < 4.78 is 16.0. The number of hydrogen-bond acceptors (Lipinski definition) is 5. The molecule has 172 valence electrons. The quantitative estimate of drug-likeness (QED) is 0.183. The number of aryl methyl sites for hydroxylation is 1. The molecule has 2 aromatic rings. The second-order valence-electron chi connectivity index (χ2n) is 6.78. The van der Waals surface area contributed by atoms with Gasteiger partial charge in [-0.25, -0.2) is 0 Å². The summed E-state index contributed by atoms with van der Waals surface area (Å²) in [4.78, 5) is 16.7. The van der Waals surface area contributed by atoms with E-state index < -0.39 is 0 Å². The number of methoxy groups -OCH3 is 2. The molecule has 1 aromatic carbocycles. The van der Waals surface area contributed by atoms with Crippen LogP contribution in [0.3, 0.4) is 0 Å². The van der Waals surface area contributed by atoms with Gasteiger partial charge >= 0.3 is 0 Å². The van der Waals surface area contributed by atoms with Crippen molar-refractivity contribution >= 4 is 35.8 Å². The number of ether oxygens (including phenoxy) is 2. The number of carbonyl (C=O) groups excluding carboxylic acids is 1. The van der Waals surface area contributed by atoms with Gasteiger partial charge in [-0.2, -0.15) is 0 Å². The number of carbonyl (C=O) groups is 1. The van der Waals surface area contributed by atoms with Crippen LogP contribution in [-0.4, -0.2) is 45.7 Å². The van der Waals surface area contributed by atoms with Crippen LogP contribution in [0.1, 0.15) is 48.0 Å². The third-order valence-corrected chi connectivity index (χ3v) is 4.56. The van der Waals surface area contributed by atoms with Gasteiger partial charge in [0.15, 0.2) is 11.7 Å². The average molecular weight is 544 g/mol. The number of nitrogens with one attached hydrogen (secondary N) is 3. The number of furan rings is 1. The second kappa shape index (κ2) is 13.8. The Balaban J connectivity index is 0.00000480. The number of halogens is 1. The van der Waals surface area contributed by atoms with E-state index in [9.17, 15) is 4.79 Å². The lowest BCUT2D eigenvalue weighted by molar-refractivity contribution is 0.0925. The fourth-order valence-electron chi connectivity index (χ4n) is 2.94. The first kappa shape index (κ1) is 26.6. The fourth-order valence-corrected chi connectivity index (χ4v) is 2.94. The van der Waals surface area contributed by atoms with Crippen molar-refractivity contribution in [2.24, 2.45) is 4.99 Å². The van der Waals surface area contributed by atoms with Crippen LogP contribution in [0.5, 0.6) is 11.5 Å². The summed E-state index contributed by atoms with van der Waals surface area (Å²) >= 11 is 0. The molecule has 0 aliphatic carbocycles. The van der Waals surface area contributed by atoms with Crippen molar-refractivity contribution in [1.29, 1.82) is 0 Å². The van der Waals surface area contributed by atoms with Crippen LogP contribution in [0.25, 0.3) is 0 Å². The Bertz CT molecular complexity index is 854. The van der Waals surface area contributed by atoms with Crippen LogP contribution >= 0.6 is 24.0 Å². The molecular weight excluding hydrogens is 511 g/mol. The van der Waals surface area contributed by atoms with Gasteiger partial charge < -0.3 is 29.8 Å². The van der Waals surface area contributed by atoms with Crippen LogP contribution in [-0.2, 0) is 0 Å². The first-order valence-electron chi connectivity index (χ1n) is 10.1. The minimum absolute atomic E-state index is 0. The predicted molar refractivity (Wildman–Crippen MR) is 133 cm³/mol. The molecule has 0 saturated heterocycles. The minimum Gasteiger partial charge on any atom is -0.497 e. The van der Waals surface area contributed by atoms with Crippen LogP contribution in [0.2, 0.25) is 0 Å². The highest BCUT2D eigenvalue weighted by molar-refractivity contribution is 14.0. The highest BCUT2D eigenvalue weighted by atomic mass is 127. The van der Waals surface area contributed by atoms with Gasteiger partial charge in [0.05, 0.1) is 26.5 Å². The number of rotatable bonds is 10. The predicted octanol–water partition coefficient (Wildman–Crippen LogP) is 3.66. The molecule has 9 heteroatoms. The molecule has 0 saturated carbocycles. The summed E-state index contributed by atoms with van der Waals surface area (Å²) in [7, 11) is 3.29. The molecule has 0 bridgehead atoms. The topological polar surface area (TPSA) is 97.1 Å². The molecule has 1 atom stereocenters. The Morgan fingerprint density at radius 1 is 1.19 bits per heavy atom. The first-order chi connectivity index (χ1) is 14.5. The Morgan fingerprint density at radius 3 is 2.58 bits per heavy atom.